The van der Waals surface area contributed by atoms with Crippen molar-refractivity contribution in [3.05, 3.63) is 64.8 Å². The number of fused-ring (bicyclic) bond motifs is 1. The van der Waals surface area contributed by atoms with Crippen LogP contribution in [-0.2, 0) is 9.84 Å². The Labute approximate surface area is 153 Å². The normalized spacial score (nSPS) is 12.9. The maximum absolute atomic E-state index is 12.6. The second-order valence-electron chi connectivity index (χ2n) is 6.67. The molecule has 1 aromatic heterocycles. The van der Waals surface area contributed by atoms with Gasteiger partial charge in [-0.2, -0.15) is 0 Å². The molecule has 136 valence electrons. The molecule has 6 heteroatoms. The van der Waals surface area contributed by atoms with Crippen molar-refractivity contribution in [2.45, 2.75) is 31.7 Å². The highest BCUT2D eigenvalue weighted by Crippen LogP contribution is 2.23. The number of benzene rings is 2. The van der Waals surface area contributed by atoms with Crippen LogP contribution in [0.3, 0.4) is 0 Å². The Kier molecular flexibility index (Phi) is 4.63. The van der Waals surface area contributed by atoms with Gasteiger partial charge in [0.2, 0.25) is 0 Å². The molecule has 0 aliphatic carbocycles. The van der Waals surface area contributed by atoms with E-state index in [2.05, 4.69) is 10.3 Å². The topological polar surface area (TPSA) is 79.0 Å². The maximum atomic E-state index is 12.6. The highest BCUT2D eigenvalue weighted by atomic mass is 32.2. The maximum Gasteiger partial charge on any atom is 0.251 e. The number of sulfone groups is 1. The molecule has 0 spiro atoms. The zero-order valence-corrected chi connectivity index (χ0v) is 16.1. The van der Waals surface area contributed by atoms with E-state index in [1.165, 1.54) is 6.26 Å². The number of aromatic amines is 1. The predicted molar refractivity (Wildman–Crippen MR) is 103 cm³/mol. The Morgan fingerprint density at radius 3 is 2.35 bits per heavy atom. The third-order valence-corrected chi connectivity index (χ3v) is 5.85. The number of hydrogen-bond donors (Lipinski definition) is 2. The van der Waals surface area contributed by atoms with Gasteiger partial charge in [-0.05, 0) is 62.2 Å². The highest BCUT2D eigenvalue weighted by molar-refractivity contribution is 7.90. The van der Waals surface area contributed by atoms with Crippen molar-refractivity contribution >= 4 is 26.6 Å². The summed E-state index contributed by atoms with van der Waals surface area (Å²) in [5.41, 5.74) is 4.69. The van der Waals surface area contributed by atoms with Crippen LogP contribution in [-0.4, -0.2) is 25.6 Å². The second kappa shape index (κ2) is 6.61. The van der Waals surface area contributed by atoms with Crippen molar-refractivity contribution in [1.29, 1.82) is 0 Å². The third-order valence-electron chi connectivity index (χ3n) is 4.73. The van der Waals surface area contributed by atoms with E-state index in [0.717, 1.165) is 27.7 Å². The minimum absolute atomic E-state index is 0.162. The fraction of sp³-hybridized carbons (Fsp3) is 0.250. The molecule has 26 heavy (non-hydrogen) atoms. The van der Waals surface area contributed by atoms with Crippen LogP contribution in [0.25, 0.3) is 10.9 Å². The first kappa shape index (κ1) is 18.2. The van der Waals surface area contributed by atoms with Crippen LogP contribution in [0.2, 0.25) is 0 Å². The van der Waals surface area contributed by atoms with Crippen molar-refractivity contribution in [3.63, 3.8) is 0 Å². The molecule has 1 unspecified atom stereocenters. The van der Waals surface area contributed by atoms with E-state index in [0.29, 0.717) is 5.56 Å². The van der Waals surface area contributed by atoms with E-state index in [9.17, 15) is 13.2 Å². The lowest BCUT2D eigenvalue weighted by Gasteiger charge is -2.15. The van der Waals surface area contributed by atoms with Crippen molar-refractivity contribution in [3.8, 4) is 0 Å². The smallest absolute Gasteiger partial charge is 0.251 e. The average molecular weight is 370 g/mol. The van der Waals surface area contributed by atoms with Crippen molar-refractivity contribution in [2.24, 2.45) is 0 Å². The van der Waals surface area contributed by atoms with Crippen LogP contribution >= 0.6 is 0 Å². The predicted octanol–water partition coefficient (Wildman–Crippen LogP) is 3.68. The van der Waals surface area contributed by atoms with E-state index in [1.807, 2.05) is 32.9 Å². The summed E-state index contributed by atoms with van der Waals surface area (Å²) in [5, 5.41) is 4.00. The summed E-state index contributed by atoms with van der Waals surface area (Å²) in [6, 6.07) is 11.9. The van der Waals surface area contributed by atoms with Gasteiger partial charge in [0.25, 0.3) is 5.91 Å². The molecule has 0 bridgehead atoms. The van der Waals surface area contributed by atoms with Gasteiger partial charge in [0.15, 0.2) is 9.84 Å². The van der Waals surface area contributed by atoms with Crippen LogP contribution in [0, 0.1) is 13.8 Å². The van der Waals surface area contributed by atoms with Crippen molar-refractivity contribution < 1.29 is 13.2 Å². The van der Waals surface area contributed by atoms with Crippen LogP contribution in [0.15, 0.2) is 47.4 Å². The summed E-state index contributed by atoms with van der Waals surface area (Å²) in [6.07, 6.45) is 1.17. The van der Waals surface area contributed by atoms with Gasteiger partial charge in [-0.25, -0.2) is 8.42 Å². The minimum Gasteiger partial charge on any atom is -0.358 e. The van der Waals surface area contributed by atoms with Gasteiger partial charge >= 0.3 is 0 Å². The number of aryl methyl sites for hydroxylation is 2. The third kappa shape index (κ3) is 3.51. The first-order valence-electron chi connectivity index (χ1n) is 8.36. The summed E-state index contributed by atoms with van der Waals surface area (Å²) in [5.74, 6) is -0.162. The van der Waals surface area contributed by atoms with E-state index < -0.39 is 9.84 Å². The number of rotatable bonds is 4. The van der Waals surface area contributed by atoms with Gasteiger partial charge in [0.1, 0.15) is 0 Å². The van der Waals surface area contributed by atoms with E-state index in [4.69, 9.17) is 0 Å². The standard InChI is InChI=1S/C20H22N2O3S/c1-12-13(2)21-19-10-7-16(11-18(12)19)20(23)22-14(3)15-5-8-17(9-6-15)26(4,24)25/h5-11,14,21H,1-4H3,(H,22,23). The fourth-order valence-electron chi connectivity index (χ4n) is 2.97. The van der Waals surface area contributed by atoms with Gasteiger partial charge < -0.3 is 10.3 Å². The van der Waals surface area contributed by atoms with Gasteiger partial charge in [-0.15, -0.1) is 0 Å². The van der Waals surface area contributed by atoms with Crippen LogP contribution in [0.5, 0.6) is 0 Å². The lowest BCUT2D eigenvalue weighted by molar-refractivity contribution is 0.0940. The number of hydrogen-bond acceptors (Lipinski definition) is 3. The molecule has 0 aliphatic heterocycles. The summed E-state index contributed by atoms with van der Waals surface area (Å²) < 4.78 is 23.1. The first-order chi connectivity index (χ1) is 12.2. The second-order valence-corrected chi connectivity index (χ2v) is 8.69. The largest absolute Gasteiger partial charge is 0.358 e. The van der Waals surface area contributed by atoms with Gasteiger partial charge in [0, 0.05) is 28.4 Å². The van der Waals surface area contributed by atoms with Crippen LogP contribution in [0.4, 0.5) is 0 Å². The van der Waals surface area contributed by atoms with E-state index in [1.54, 1.807) is 30.3 Å². The summed E-state index contributed by atoms with van der Waals surface area (Å²) in [4.78, 5) is 16.2. The molecule has 3 rings (SSSR count). The molecular formula is C20H22N2O3S. The molecule has 0 fully saturated rings. The van der Waals surface area contributed by atoms with Crippen molar-refractivity contribution in [1.82, 2.24) is 10.3 Å². The molecule has 0 radical (unpaired) electrons. The lowest BCUT2D eigenvalue weighted by Crippen LogP contribution is -2.26. The first-order valence-corrected chi connectivity index (χ1v) is 10.3. The van der Waals surface area contributed by atoms with Crippen molar-refractivity contribution in [2.75, 3.05) is 6.26 Å². The van der Waals surface area contributed by atoms with Gasteiger partial charge in [-0.3, -0.25) is 4.79 Å². The molecule has 5 nitrogen and oxygen atoms in total. The van der Waals surface area contributed by atoms with Crippen LogP contribution < -0.4 is 5.32 Å². The number of carbonyl (C=O) groups excluding carboxylic acids is 1. The summed E-state index contributed by atoms with van der Waals surface area (Å²) >= 11 is 0. The molecule has 0 aliphatic rings. The summed E-state index contributed by atoms with van der Waals surface area (Å²) in [7, 11) is -3.22. The monoisotopic (exact) mass is 370 g/mol. The zero-order valence-electron chi connectivity index (χ0n) is 15.3. The molecule has 0 saturated carbocycles. The van der Waals surface area contributed by atoms with E-state index in [-0.39, 0.29) is 16.8 Å². The van der Waals surface area contributed by atoms with E-state index >= 15 is 0 Å². The SMILES string of the molecule is Cc1[nH]c2ccc(C(=O)NC(C)c3ccc(S(C)(=O)=O)cc3)cc2c1C. The minimum atomic E-state index is -3.22. The molecule has 1 atom stereocenters. The number of amides is 1. The summed E-state index contributed by atoms with van der Waals surface area (Å²) in [6.45, 7) is 5.91. The Morgan fingerprint density at radius 2 is 1.73 bits per heavy atom. The molecular weight excluding hydrogens is 348 g/mol. The number of aromatic nitrogens is 1. The number of H-pyrrole nitrogens is 1. The molecule has 2 aromatic carbocycles. The molecule has 1 amide bonds. The Morgan fingerprint density at radius 1 is 1.08 bits per heavy atom. The Balaban J connectivity index is 1.80. The quantitative estimate of drug-likeness (QED) is 0.735. The molecule has 0 saturated heterocycles. The number of nitrogens with one attached hydrogen (secondary N) is 2. The molecule has 1 heterocycles. The van der Waals surface area contributed by atoms with Gasteiger partial charge in [0.05, 0.1) is 10.9 Å². The lowest BCUT2D eigenvalue weighted by atomic mass is 10.1. The zero-order chi connectivity index (χ0) is 19.1. The Bertz CT molecular complexity index is 1080. The van der Waals surface area contributed by atoms with Gasteiger partial charge in [-0.1, -0.05) is 12.1 Å². The fourth-order valence-corrected chi connectivity index (χ4v) is 3.60. The average Bonchev–Trinajstić information content (AvgIpc) is 2.88. The van der Waals surface area contributed by atoms with Crippen LogP contribution in [0.1, 0.15) is 40.1 Å². The number of carbonyl (C=O) groups is 1. The molecule has 2 N–H and O–H groups in total. The molecule has 3 aromatic rings. The highest BCUT2D eigenvalue weighted by Gasteiger charge is 2.14. The Hall–Kier alpha value is -2.60.